The van der Waals surface area contributed by atoms with E-state index in [9.17, 15) is 9.90 Å². The van der Waals surface area contributed by atoms with Crippen LogP contribution in [0.4, 0.5) is 0 Å². The summed E-state index contributed by atoms with van der Waals surface area (Å²) in [7, 11) is 0. The molecule has 0 aliphatic rings. The smallest absolute Gasteiger partial charge is 0.251 e. The van der Waals surface area contributed by atoms with E-state index in [0.717, 1.165) is 16.7 Å². The Kier molecular flexibility index (Phi) is 4.53. The number of aliphatic hydroxyl groups excluding tert-OH is 1. The second-order valence-electron chi connectivity index (χ2n) is 4.95. The molecule has 0 heterocycles. The highest BCUT2D eigenvalue weighted by atomic mass is 16.3. The molecule has 0 bridgehead atoms. The quantitative estimate of drug-likeness (QED) is 0.896. The molecule has 2 aromatic carbocycles. The Bertz CT molecular complexity index is 593. The molecule has 1 atom stereocenters. The molecule has 1 amide bonds. The largest absolute Gasteiger partial charge is 0.387 e. The van der Waals surface area contributed by atoms with Crippen molar-refractivity contribution in [2.45, 2.75) is 20.0 Å². The number of hydrogen-bond donors (Lipinski definition) is 2. The van der Waals surface area contributed by atoms with E-state index in [1.54, 1.807) is 0 Å². The standard InChI is InChI=1S/C17H19NO2/c1-12-8-9-13(2)15(10-12)17(20)18-11-16(19)14-6-4-3-5-7-14/h3-10,16,19H,11H2,1-2H3,(H,18,20). The topological polar surface area (TPSA) is 49.3 Å². The van der Waals surface area contributed by atoms with E-state index < -0.39 is 6.10 Å². The number of aliphatic hydroxyl groups is 1. The van der Waals surface area contributed by atoms with Crippen molar-refractivity contribution in [3.05, 3.63) is 70.8 Å². The second kappa shape index (κ2) is 6.35. The van der Waals surface area contributed by atoms with Crippen LogP contribution in [0.5, 0.6) is 0 Å². The molecule has 0 radical (unpaired) electrons. The molecule has 2 aromatic rings. The minimum absolute atomic E-state index is 0.152. The third kappa shape index (κ3) is 3.45. The molecule has 104 valence electrons. The van der Waals surface area contributed by atoms with Gasteiger partial charge in [0.25, 0.3) is 5.91 Å². The minimum atomic E-state index is -0.690. The van der Waals surface area contributed by atoms with Crippen LogP contribution in [-0.4, -0.2) is 17.6 Å². The first kappa shape index (κ1) is 14.3. The predicted molar refractivity (Wildman–Crippen MR) is 79.7 cm³/mol. The Morgan fingerprint density at radius 2 is 1.85 bits per heavy atom. The molecule has 0 saturated heterocycles. The molecule has 1 unspecified atom stereocenters. The van der Waals surface area contributed by atoms with Gasteiger partial charge in [0.15, 0.2) is 0 Å². The van der Waals surface area contributed by atoms with E-state index >= 15 is 0 Å². The van der Waals surface area contributed by atoms with Crippen LogP contribution in [0.1, 0.15) is 33.2 Å². The Morgan fingerprint density at radius 3 is 2.55 bits per heavy atom. The number of rotatable bonds is 4. The molecule has 0 aliphatic heterocycles. The molecule has 0 saturated carbocycles. The third-order valence-electron chi connectivity index (χ3n) is 3.28. The summed E-state index contributed by atoms with van der Waals surface area (Å²) in [6, 6.07) is 15.1. The molecule has 0 aromatic heterocycles. The highest BCUT2D eigenvalue weighted by molar-refractivity contribution is 5.95. The van der Waals surface area contributed by atoms with Gasteiger partial charge < -0.3 is 10.4 Å². The zero-order valence-electron chi connectivity index (χ0n) is 11.8. The summed E-state index contributed by atoms with van der Waals surface area (Å²) in [6.07, 6.45) is -0.690. The number of hydrogen-bond acceptors (Lipinski definition) is 2. The summed E-state index contributed by atoms with van der Waals surface area (Å²) >= 11 is 0. The van der Waals surface area contributed by atoms with Crippen molar-refractivity contribution in [3.8, 4) is 0 Å². The van der Waals surface area contributed by atoms with Crippen molar-refractivity contribution in [1.82, 2.24) is 5.32 Å². The van der Waals surface area contributed by atoms with Crippen LogP contribution >= 0.6 is 0 Å². The van der Waals surface area contributed by atoms with Gasteiger partial charge in [0.05, 0.1) is 6.10 Å². The molecule has 2 N–H and O–H groups in total. The summed E-state index contributed by atoms with van der Waals surface area (Å²) < 4.78 is 0. The summed E-state index contributed by atoms with van der Waals surface area (Å²) in [5, 5.41) is 12.8. The lowest BCUT2D eigenvalue weighted by molar-refractivity contribution is 0.0915. The Balaban J connectivity index is 2.00. The SMILES string of the molecule is Cc1ccc(C)c(C(=O)NCC(O)c2ccccc2)c1. The number of nitrogens with one attached hydrogen (secondary N) is 1. The van der Waals surface area contributed by atoms with E-state index in [2.05, 4.69) is 5.32 Å². The normalized spacial score (nSPS) is 11.9. The van der Waals surface area contributed by atoms with Crippen molar-refractivity contribution < 1.29 is 9.90 Å². The fourth-order valence-corrected chi connectivity index (χ4v) is 2.06. The lowest BCUT2D eigenvalue weighted by Gasteiger charge is -2.13. The summed E-state index contributed by atoms with van der Waals surface area (Å²) in [5.41, 5.74) is 3.44. The van der Waals surface area contributed by atoms with Gasteiger partial charge in [-0.2, -0.15) is 0 Å². The molecule has 2 rings (SSSR count). The van der Waals surface area contributed by atoms with Gasteiger partial charge in [-0.15, -0.1) is 0 Å². The van der Waals surface area contributed by atoms with Crippen molar-refractivity contribution in [2.24, 2.45) is 0 Å². The summed E-state index contributed by atoms with van der Waals surface area (Å²) in [4.78, 5) is 12.1. The van der Waals surface area contributed by atoms with Gasteiger partial charge in [-0.1, -0.05) is 48.0 Å². The van der Waals surface area contributed by atoms with Crippen LogP contribution in [0.25, 0.3) is 0 Å². The first-order valence-electron chi connectivity index (χ1n) is 6.66. The third-order valence-corrected chi connectivity index (χ3v) is 3.28. The first-order valence-corrected chi connectivity index (χ1v) is 6.66. The van der Waals surface area contributed by atoms with Crippen molar-refractivity contribution in [3.63, 3.8) is 0 Å². The fraction of sp³-hybridized carbons (Fsp3) is 0.235. The highest BCUT2D eigenvalue weighted by Crippen LogP contribution is 2.13. The molecule has 3 heteroatoms. The van der Waals surface area contributed by atoms with Crippen LogP contribution in [0.2, 0.25) is 0 Å². The number of carbonyl (C=O) groups is 1. The zero-order valence-corrected chi connectivity index (χ0v) is 11.8. The number of benzene rings is 2. The average Bonchev–Trinajstić information content (AvgIpc) is 2.47. The van der Waals surface area contributed by atoms with Crippen LogP contribution in [0.3, 0.4) is 0 Å². The van der Waals surface area contributed by atoms with Gasteiger partial charge in [-0.25, -0.2) is 0 Å². The molecule has 0 aliphatic carbocycles. The van der Waals surface area contributed by atoms with E-state index in [0.29, 0.717) is 5.56 Å². The second-order valence-corrected chi connectivity index (χ2v) is 4.95. The van der Waals surface area contributed by atoms with Crippen molar-refractivity contribution in [1.29, 1.82) is 0 Å². The van der Waals surface area contributed by atoms with Gasteiger partial charge in [0.1, 0.15) is 0 Å². The first-order chi connectivity index (χ1) is 9.58. The Hall–Kier alpha value is -2.13. The monoisotopic (exact) mass is 269 g/mol. The Labute approximate surface area is 119 Å². The number of carbonyl (C=O) groups excluding carboxylic acids is 1. The average molecular weight is 269 g/mol. The van der Waals surface area contributed by atoms with Crippen LogP contribution < -0.4 is 5.32 Å². The van der Waals surface area contributed by atoms with Gasteiger partial charge in [-0.3, -0.25) is 4.79 Å². The van der Waals surface area contributed by atoms with Gasteiger partial charge in [-0.05, 0) is 31.0 Å². The summed E-state index contributed by atoms with van der Waals surface area (Å²) in [6.45, 7) is 4.06. The fourth-order valence-electron chi connectivity index (χ4n) is 2.06. The summed E-state index contributed by atoms with van der Waals surface area (Å²) in [5.74, 6) is -0.152. The molecule has 20 heavy (non-hydrogen) atoms. The van der Waals surface area contributed by atoms with Gasteiger partial charge >= 0.3 is 0 Å². The van der Waals surface area contributed by atoms with Crippen molar-refractivity contribution in [2.75, 3.05) is 6.54 Å². The maximum absolute atomic E-state index is 12.1. The van der Waals surface area contributed by atoms with E-state index in [4.69, 9.17) is 0 Å². The van der Waals surface area contributed by atoms with Gasteiger partial charge in [0.2, 0.25) is 0 Å². The van der Waals surface area contributed by atoms with Crippen LogP contribution in [0.15, 0.2) is 48.5 Å². The van der Waals surface area contributed by atoms with Crippen LogP contribution in [-0.2, 0) is 0 Å². The lowest BCUT2D eigenvalue weighted by atomic mass is 10.0. The molecule has 3 nitrogen and oxygen atoms in total. The van der Waals surface area contributed by atoms with Crippen LogP contribution in [0, 0.1) is 13.8 Å². The molecular weight excluding hydrogens is 250 g/mol. The zero-order chi connectivity index (χ0) is 14.5. The number of aryl methyl sites for hydroxylation is 2. The molecular formula is C17H19NO2. The number of amides is 1. The maximum atomic E-state index is 12.1. The van der Waals surface area contributed by atoms with E-state index in [-0.39, 0.29) is 12.5 Å². The van der Waals surface area contributed by atoms with E-state index in [1.807, 2.05) is 62.4 Å². The maximum Gasteiger partial charge on any atom is 0.251 e. The minimum Gasteiger partial charge on any atom is -0.387 e. The van der Waals surface area contributed by atoms with Gasteiger partial charge in [0, 0.05) is 12.1 Å². The van der Waals surface area contributed by atoms with E-state index in [1.165, 1.54) is 0 Å². The lowest BCUT2D eigenvalue weighted by Crippen LogP contribution is -2.29. The van der Waals surface area contributed by atoms with Crippen molar-refractivity contribution >= 4 is 5.91 Å². The highest BCUT2D eigenvalue weighted by Gasteiger charge is 2.12. The Morgan fingerprint density at radius 1 is 1.15 bits per heavy atom. The predicted octanol–water partition coefficient (Wildman–Crippen LogP) is 2.77. The molecule has 0 spiro atoms. The molecule has 0 fully saturated rings.